The SMILES string of the molecule is Cc1cc(C)cc(N2CCC3(CCCN(S(=O)(=O)c4ccc(C#N)cc4Cl)C3)C2=O)c1. The second-order valence-electron chi connectivity index (χ2n) is 8.53. The smallest absolute Gasteiger partial charge is 0.244 e. The van der Waals surface area contributed by atoms with Gasteiger partial charge in [0.25, 0.3) is 0 Å². The summed E-state index contributed by atoms with van der Waals surface area (Å²) in [5, 5.41) is 9.04. The van der Waals surface area contributed by atoms with Crippen molar-refractivity contribution in [2.24, 2.45) is 5.41 Å². The molecule has 2 aliphatic rings. The van der Waals surface area contributed by atoms with Gasteiger partial charge in [-0.25, -0.2) is 8.42 Å². The van der Waals surface area contributed by atoms with Gasteiger partial charge in [-0.15, -0.1) is 0 Å². The molecule has 1 unspecified atom stereocenters. The first-order valence-electron chi connectivity index (χ1n) is 10.3. The Labute approximate surface area is 188 Å². The van der Waals surface area contributed by atoms with Crippen LogP contribution in [0.2, 0.25) is 5.02 Å². The number of hydrogen-bond acceptors (Lipinski definition) is 4. The normalized spacial score (nSPS) is 22.1. The third kappa shape index (κ3) is 3.84. The number of anilines is 1. The molecule has 2 aliphatic heterocycles. The van der Waals surface area contributed by atoms with Crippen molar-refractivity contribution in [1.29, 1.82) is 5.26 Å². The van der Waals surface area contributed by atoms with Gasteiger partial charge in [0, 0.05) is 25.3 Å². The predicted molar refractivity (Wildman–Crippen MR) is 119 cm³/mol. The van der Waals surface area contributed by atoms with Crippen LogP contribution in [0.5, 0.6) is 0 Å². The van der Waals surface area contributed by atoms with Crippen LogP contribution in [0.1, 0.15) is 36.0 Å². The summed E-state index contributed by atoms with van der Waals surface area (Å²) in [6.07, 6.45) is 1.89. The van der Waals surface area contributed by atoms with E-state index >= 15 is 0 Å². The molecule has 1 spiro atoms. The standard InChI is InChI=1S/C23H24ClN3O3S/c1-16-10-17(2)12-19(11-16)27-9-7-23(22(27)28)6-3-8-26(15-23)31(29,30)21-5-4-18(14-25)13-20(21)24/h4-5,10-13H,3,6-9,15H2,1-2H3. The molecule has 2 saturated heterocycles. The summed E-state index contributed by atoms with van der Waals surface area (Å²) in [4.78, 5) is 15.3. The number of sulfonamides is 1. The maximum Gasteiger partial charge on any atom is 0.244 e. The number of nitrogens with zero attached hydrogens (tertiary/aromatic N) is 3. The lowest BCUT2D eigenvalue weighted by molar-refractivity contribution is -0.127. The molecule has 2 aromatic rings. The second kappa shape index (κ2) is 7.94. The Bertz CT molecular complexity index is 1180. The molecule has 2 heterocycles. The fourth-order valence-electron chi connectivity index (χ4n) is 4.77. The van der Waals surface area contributed by atoms with Crippen LogP contribution in [0.15, 0.2) is 41.3 Å². The molecule has 1 amide bonds. The van der Waals surface area contributed by atoms with Gasteiger partial charge in [0.2, 0.25) is 15.9 Å². The summed E-state index contributed by atoms with van der Waals surface area (Å²) < 4.78 is 28.0. The molecule has 2 fully saturated rings. The van der Waals surface area contributed by atoms with Crippen LogP contribution < -0.4 is 4.90 Å². The van der Waals surface area contributed by atoms with Crippen LogP contribution in [0.25, 0.3) is 0 Å². The third-order valence-corrected chi connectivity index (χ3v) is 8.58. The molecule has 8 heteroatoms. The number of amides is 1. The Balaban J connectivity index is 1.62. The summed E-state index contributed by atoms with van der Waals surface area (Å²) >= 11 is 6.19. The van der Waals surface area contributed by atoms with E-state index in [-0.39, 0.29) is 22.4 Å². The molecular formula is C23H24ClN3O3S. The van der Waals surface area contributed by atoms with Crippen LogP contribution in [0.4, 0.5) is 5.69 Å². The van der Waals surface area contributed by atoms with Crippen molar-refractivity contribution in [3.05, 3.63) is 58.1 Å². The number of carbonyl (C=O) groups excluding carboxylic acids is 1. The van der Waals surface area contributed by atoms with E-state index < -0.39 is 15.4 Å². The van der Waals surface area contributed by atoms with Crippen LogP contribution in [0, 0.1) is 30.6 Å². The number of halogens is 1. The number of piperidine rings is 1. The Morgan fingerprint density at radius 1 is 1.06 bits per heavy atom. The van der Waals surface area contributed by atoms with E-state index in [1.807, 2.05) is 32.0 Å². The van der Waals surface area contributed by atoms with Gasteiger partial charge < -0.3 is 4.90 Å². The maximum absolute atomic E-state index is 13.5. The number of benzene rings is 2. The molecule has 0 radical (unpaired) electrons. The molecule has 4 rings (SSSR count). The minimum absolute atomic E-state index is 0.0108. The Kier molecular flexibility index (Phi) is 5.59. The van der Waals surface area contributed by atoms with E-state index in [1.54, 1.807) is 4.90 Å². The first kappa shape index (κ1) is 21.8. The average Bonchev–Trinajstić information content (AvgIpc) is 3.02. The van der Waals surface area contributed by atoms with Crippen molar-refractivity contribution in [2.45, 2.75) is 38.0 Å². The third-order valence-electron chi connectivity index (χ3n) is 6.25. The van der Waals surface area contributed by atoms with Crippen molar-refractivity contribution < 1.29 is 13.2 Å². The van der Waals surface area contributed by atoms with Gasteiger partial charge in [0.05, 0.1) is 22.1 Å². The zero-order valence-corrected chi connectivity index (χ0v) is 19.1. The summed E-state index contributed by atoms with van der Waals surface area (Å²) in [6.45, 7) is 5.07. The lowest BCUT2D eigenvalue weighted by Crippen LogP contribution is -2.49. The largest absolute Gasteiger partial charge is 0.312 e. The molecule has 0 aliphatic carbocycles. The molecule has 0 N–H and O–H groups in total. The summed E-state index contributed by atoms with van der Waals surface area (Å²) in [7, 11) is -3.88. The van der Waals surface area contributed by atoms with Crippen molar-refractivity contribution in [3.63, 3.8) is 0 Å². The van der Waals surface area contributed by atoms with Gasteiger partial charge in [-0.2, -0.15) is 9.57 Å². The molecule has 2 aromatic carbocycles. The first-order valence-corrected chi connectivity index (χ1v) is 12.1. The average molecular weight is 458 g/mol. The molecule has 31 heavy (non-hydrogen) atoms. The van der Waals surface area contributed by atoms with Crippen molar-refractivity contribution in [3.8, 4) is 6.07 Å². The van der Waals surface area contributed by atoms with E-state index in [2.05, 4.69) is 6.07 Å². The summed E-state index contributed by atoms with van der Waals surface area (Å²) in [5.74, 6) is -0.0108. The topological polar surface area (TPSA) is 81.5 Å². The van der Waals surface area contributed by atoms with E-state index in [1.165, 1.54) is 22.5 Å². The number of carbonyl (C=O) groups is 1. The monoisotopic (exact) mass is 457 g/mol. The molecule has 0 saturated carbocycles. The minimum Gasteiger partial charge on any atom is -0.312 e. The van der Waals surface area contributed by atoms with Gasteiger partial charge in [-0.3, -0.25) is 4.79 Å². The zero-order chi connectivity index (χ0) is 22.4. The molecule has 0 aromatic heterocycles. The number of nitriles is 1. The highest BCUT2D eigenvalue weighted by atomic mass is 35.5. The molecule has 6 nitrogen and oxygen atoms in total. The van der Waals surface area contributed by atoms with Gasteiger partial charge in [-0.1, -0.05) is 17.7 Å². The van der Waals surface area contributed by atoms with Gasteiger partial charge in [0.15, 0.2) is 0 Å². The number of aryl methyl sites for hydroxylation is 2. The van der Waals surface area contributed by atoms with E-state index in [4.69, 9.17) is 16.9 Å². The second-order valence-corrected chi connectivity index (χ2v) is 10.8. The molecule has 1 atom stereocenters. The fraction of sp³-hybridized carbons (Fsp3) is 0.391. The molecule has 0 bridgehead atoms. The van der Waals surface area contributed by atoms with Crippen molar-refractivity contribution in [1.82, 2.24) is 4.31 Å². The van der Waals surface area contributed by atoms with Gasteiger partial charge in [-0.05, 0) is 74.6 Å². The van der Waals surface area contributed by atoms with E-state index in [0.717, 1.165) is 16.8 Å². The Morgan fingerprint density at radius 2 is 1.77 bits per heavy atom. The lowest BCUT2D eigenvalue weighted by atomic mass is 9.79. The van der Waals surface area contributed by atoms with Crippen molar-refractivity contribution in [2.75, 3.05) is 24.5 Å². The summed E-state index contributed by atoms with van der Waals surface area (Å²) in [6, 6.07) is 12.2. The minimum atomic E-state index is -3.88. The fourth-order valence-corrected chi connectivity index (χ4v) is 6.85. The van der Waals surface area contributed by atoms with Crippen molar-refractivity contribution >= 4 is 33.2 Å². The highest BCUT2D eigenvalue weighted by molar-refractivity contribution is 7.89. The first-order chi connectivity index (χ1) is 14.7. The predicted octanol–water partition coefficient (Wildman–Crippen LogP) is 4.04. The number of rotatable bonds is 3. The van der Waals surface area contributed by atoms with Crippen LogP contribution in [-0.4, -0.2) is 38.3 Å². The highest BCUT2D eigenvalue weighted by Crippen LogP contribution is 2.43. The quantitative estimate of drug-likeness (QED) is 0.696. The lowest BCUT2D eigenvalue weighted by Gasteiger charge is -2.38. The Hall–Kier alpha value is -2.40. The van der Waals surface area contributed by atoms with E-state index in [0.29, 0.717) is 37.9 Å². The maximum atomic E-state index is 13.5. The number of hydrogen-bond donors (Lipinski definition) is 0. The van der Waals surface area contributed by atoms with Crippen LogP contribution >= 0.6 is 11.6 Å². The van der Waals surface area contributed by atoms with Crippen LogP contribution in [0.3, 0.4) is 0 Å². The summed E-state index contributed by atoms with van der Waals surface area (Å²) in [5.41, 5.74) is 2.63. The highest BCUT2D eigenvalue weighted by Gasteiger charge is 2.51. The molecule has 162 valence electrons. The van der Waals surface area contributed by atoms with Gasteiger partial charge in [0.1, 0.15) is 4.90 Å². The Morgan fingerprint density at radius 3 is 2.42 bits per heavy atom. The van der Waals surface area contributed by atoms with E-state index in [9.17, 15) is 13.2 Å². The van der Waals surface area contributed by atoms with Gasteiger partial charge >= 0.3 is 0 Å². The molecular weight excluding hydrogens is 434 g/mol. The zero-order valence-electron chi connectivity index (χ0n) is 17.6. The van der Waals surface area contributed by atoms with Crippen LogP contribution in [-0.2, 0) is 14.8 Å².